The summed E-state index contributed by atoms with van der Waals surface area (Å²) < 4.78 is 0. The lowest BCUT2D eigenvalue weighted by Gasteiger charge is -2.32. The van der Waals surface area contributed by atoms with E-state index in [2.05, 4.69) is 5.32 Å². The molecule has 110 valence electrons. The zero-order chi connectivity index (χ0) is 14.3. The molecule has 0 aromatic carbocycles. The maximum atomic E-state index is 12.0. The van der Waals surface area contributed by atoms with Crippen LogP contribution in [0.25, 0.3) is 0 Å². The lowest BCUT2D eigenvalue weighted by Crippen LogP contribution is -2.48. The number of aliphatic hydroxyl groups excluding tert-OH is 1. The second kappa shape index (κ2) is 7.99. The highest BCUT2D eigenvalue weighted by atomic mass is 16.4. The van der Waals surface area contributed by atoms with E-state index in [1.54, 1.807) is 4.90 Å². The molecule has 1 rings (SSSR count). The molecule has 1 aliphatic heterocycles. The molecule has 19 heavy (non-hydrogen) atoms. The molecule has 0 aliphatic carbocycles. The van der Waals surface area contributed by atoms with Gasteiger partial charge in [-0.25, -0.2) is 4.79 Å². The SMILES string of the molecule is CC(CCCC(=O)O)NC(=O)N1CCCC(CO)C1. The van der Waals surface area contributed by atoms with E-state index in [0.29, 0.717) is 19.4 Å². The van der Waals surface area contributed by atoms with E-state index in [1.165, 1.54) is 0 Å². The normalized spacial score (nSPS) is 20.9. The van der Waals surface area contributed by atoms with Crippen molar-refractivity contribution in [3.63, 3.8) is 0 Å². The first-order valence-corrected chi connectivity index (χ1v) is 6.91. The Morgan fingerprint density at radius 3 is 2.84 bits per heavy atom. The van der Waals surface area contributed by atoms with Crippen LogP contribution in [0.2, 0.25) is 0 Å². The van der Waals surface area contributed by atoms with E-state index in [1.807, 2.05) is 6.92 Å². The van der Waals surface area contributed by atoms with Crippen LogP contribution >= 0.6 is 0 Å². The number of amides is 2. The van der Waals surface area contributed by atoms with Gasteiger partial charge < -0.3 is 20.4 Å². The first-order chi connectivity index (χ1) is 9.02. The van der Waals surface area contributed by atoms with Gasteiger partial charge in [0.25, 0.3) is 0 Å². The van der Waals surface area contributed by atoms with Gasteiger partial charge in [0.2, 0.25) is 0 Å². The number of nitrogens with one attached hydrogen (secondary N) is 1. The number of carboxylic acid groups (broad SMARTS) is 1. The number of likely N-dealkylation sites (tertiary alicyclic amines) is 1. The number of piperidine rings is 1. The Hall–Kier alpha value is -1.30. The zero-order valence-electron chi connectivity index (χ0n) is 11.5. The predicted molar refractivity (Wildman–Crippen MR) is 70.9 cm³/mol. The second-order valence-corrected chi connectivity index (χ2v) is 5.27. The quantitative estimate of drug-likeness (QED) is 0.674. The van der Waals surface area contributed by atoms with Gasteiger partial charge in [-0.05, 0) is 38.5 Å². The van der Waals surface area contributed by atoms with Crippen molar-refractivity contribution in [2.24, 2.45) is 5.92 Å². The Bertz CT molecular complexity index is 309. The summed E-state index contributed by atoms with van der Waals surface area (Å²) >= 11 is 0. The molecule has 2 amide bonds. The van der Waals surface area contributed by atoms with Gasteiger partial charge in [0.1, 0.15) is 0 Å². The first-order valence-electron chi connectivity index (χ1n) is 6.91. The minimum absolute atomic E-state index is 0.0265. The number of urea groups is 1. The summed E-state index contributed by atoms with van der Waals surface area (Å²) in [4.78, 5) is 24.1. The van der Waals surface area contributed by atoms with Gasteiger partial charge in [-0.15, -0.1) is 0 Å². The largest absolute Gasteiger partial charge is 0.481 e. The summed E-state index contributed by atoms with van der Waals surface area (Å²) in [6.07, 6.45) is 3.25. The van der Waals surface area contributed by atoms with Gasteiger partial charge in [-0.1, -0.05) is 0 Å². The second-order valence-electron chi connectivity index (χ2n) is 5.27. The number of carbonyl (C=O) groups excluding carboxylic acids is 1. The third-order valence-corrected chi connectivity index (χ3v) is 3.46. The monoisotopic (exact) mass is 272 g/mol. The lowest BCUT2D eigenvalue weighted by molar-refractivity contribution is -0.137. The van der Waals surface area contributed by atoms with Crippen molar-refractivity contribution in [3.05, 3.63) is 0 Å². The molecule has 0 aromatic heterocycles. The van der Waals surface area contributed by atoms with Gasteiger partial charge in [0.05, 0.1) is 0 Å². The molecular formula is C13H24N2O4. The summed E-state index contributed by atoms with van der Waals surface area (Å²) in [6, 6.07) is -0.137. The van der Waals surface area contributed by atoms with E-state index < -0.39 is 5.97 Å². The molecule has 2 unspecified atom stereocenters. The molecule has 6 nitrogen and oxygen atoms in total. The van der Waals surface area contributed by atoms with Crippen molar-refractivity contribution in [3.8, 4) is 0 Å². The summed E-state index contributed by atoms with van der Waals surface area (Å²) in [7, 11) is 0. The lowest BCUT2D eigenvalue weighted by atomic mass is 9.99. The molecule has 0 bridgehead atoms. The summed E-state index contributed by atoms with van der Waals surface area (Å²) in [5, 5.41) is 20.6. The van der Waals surface area contributed by atoms with Gasteiger partial charge in [0, 0.05) is 32.2 Å². The van der Waals surface area contributed by atoms with E-state index in [0.717, 1.165) is 19.4 Å². The van der Waals surface area contributed by atoms with Gasteiger partial charge >= 0.3 is 12.0 Å². The fraction of sp³-hybridized carbons (Fsp3) is 0.846. The molecule has 0 aromatic rings. The maximum Gasteiger partial charge on any atom is 0.317 e. The highest BCUT2D eigenvalue weighted by Gasteiger charge is 2.23. The molecule has 1 saturated heterocycles. The minimum Gasteiger partial charge on any atom is -0.481 e. The Morgan fingerprint density at radius 1 is 1.47 bits per heavy atom. The molecular weight excluding hydrogens is 248 g/mol. The van der Waals surface area contributed by atoms with E-state index in [-0.39, 0.29) is 31.0 Å². The number of aliphatic carboxylic acids is 1. The third kappa shape index (κ3) is 5.92. The number of hydrogen-bond acceptors (Lipinski definition) is 3. The van der Waals surface area contributed by atoms with Gasteiger partial charge in [-0.3, -0.25) is 4.79 Å². The Kier molecular flexibility index (Phi) is 6.62. The predicted octanol–water partition coefficient (Wildman–Crippen LogP) is 1.04. The molecule has 1 aliphatic rings. The molecule has 0 saturated carbocycles. The van der Waals surface area contributed by atoms with Crippen LogP contribution in [0.4, 0.5) is 4.79 Å². The van der Waals surface area contributed by atoms with Gasteiger partial charge in [0.15, 0.2) is 0 Å². The van der Waals surface area contributed by atoms with Crippen LogP contribution in [0.15, 0.2) is 0 Å². The number of carbonyl (C=O) groups is 2. The van der Waals surface area contributed by atoms with Gasteiger partial charge in [-0.2, -0.15) is 0 Å². The Morgan fingerprint density at radius 2 is 2.21 bits per heavy atom. The molecule has 1 heterocycles. The first kappa shape index (κ1) is 15.8. The zero-order valence-corrected chi connectivity index (χ0v) is 11.5. The van der Waals surface area contributed by atoms with Crippen LogP contribution in [0.5, 0.6) is 0 Å². The number of rotatable bonds is 6. The van der Waals surface area contributed by atoms with Crippen LogP contribution in [-0.4, -0.2) is 52.9 Å². The standard InChI is InChI=1S/C13H24N2O4/c1-10(4-2-6-12(17)18)14-13(19)15-7-3-5-11(8-15)9-16/h10-11,16H,2-9H2,1H3,(H,14,19)(H,17,18). The van der Waals surface area contributed by atoms with E-state index in [4.69, 9.17) is 10.2 Å². The molecule has 6 heteroatoms. The topological polar surface area (TPSA) is 89.9 Å². The minimum atomic E-state index is -0.805. The van der Waals surface area contributed by atoms with E-state index in [9.17, 15) is 9.59 Å². The fourth-order valence-corrected chi connectivity index (χ4v) is 2.33. The van der Waals surface area contributed by atoms with Crippen molar-refractivity contribution in [1.82, 2.24) is 10.2 Å². The smallest absolute Gasteiger partial charge is 0.317 e. The van der Waals surface area contributed by atoms with Crippen molar-refractivity contribution in [1.29, 1.82) is 0 Å². The fourth-order valence-electron chi connectivity index (χ4n) is 2.33. The van der Waals surface area contributed by atoms with Crippen molar-refractivity contribution in [2.75, 3.05) is 19.7 Å². The van der Waals surface area contributed by atoms with Crippen LogP contribution in [0, 0.1) is 5.92 Å². The maximum absolute atomic E-state index is 12.0. The Balaban J connectivity index is 2.27. The molecule has 3 N–H and O–H groups in total. The van der Waals surface area contributed by atoms with Crippen LogP contribution in [-0.2, 0) is 4.79 Å². The molecule has 0 radical (unpaired) electrons. The van der Waals surface area contributed by atoms with Crippen LogP contribution < -0.4 is 5.32 Å². The molecule has 0 spiro atoms. The van der Waals surface area contributed by atoms with Crippen molar-refractivity contribution >= 4 is 12.0 Å². The average molecular weight is 272 g/mol. The van der Waals surface area contributed by atoms with Crippen LogP contribution in [0.3, 0.4) is 0 Å². The summed E-state index contributed by atoms with van der Waals surface area (Å²) in [5.41, 5.74) is 0. The molecule has 1 fully saturated rings. The van der Waals surface area contributed by atoms with E-state index >= 15 is 0 Å². The Labute approximate surface area is 113 Å². The highest BCUT2D eigenvalue weighted by Crippen LogP contribution is 2.15. The number of carboxylic acids is 1. The van der Waals surface area contributed by atoms with Crippen LogP contribution in [0.1, 0.15) is 39.0 Å². The molecule has 2 atom stereocenters. The number of nitrogens with zero attached hydrogens (tertiary/aromatic N) is 1. The van der Waals surface area contributed by atoms with Crippen molar-refractivity contribution in [2.45, 2.75) is 45.1 Å². The number of hydrogen-bond donors (Lipinski definition) is 3. The van der Waals surface area contributed by atoms with Crippen molar-refractivity contribution < 1.29 is 19.8 Å². The number of aliphatic hydroxyl groups is 1. The highest BCUT2D eigenvalue weighted by molar-refractivity contribution is 5.74. The summed E-state index contributed by atoms with van der Waals surface area (Å²) in [5.74, 6) is -0.623. The average Bonchev–Trinajstić information content (AvgIpc) is 2.38. The summed E-state index contributed by atoms with van der Waals surface area (Å²) in [6.45, 7) is 3.33. The third-order valence-electron chi connectivity index (χ3n) is 3.46.